The van der Waals surface area contributed by atoms with Gasteiger partial charge in [0.05, 0.1) is 16.9 Å². The number of nitrogens with zero attached hydrogens (tertiary/aromatic N) is 1. The van der Waals surface area contributed by atoms with Gasteiger partial charge in [-0.15, -0.1) is 0 Å². The Kier molecular flexibility index (Phi) is 6.15. The Bertz CT molecular complexity index is 1050. The number of aromatic amines is 1. The first-order valence-electron chi connectivity index (χ1n) is 8.56. The van der Waals surface area contributed by atoms with Crippen molar-refractivity contribution in [2.24, 2.45) is 0 Å². The number of aromatic nitrogens is 1. The molecule has 1 aliphatic rings. The van der Waals surface area contributed by atoms with Gasteiger partial charge in [0.25, 0.3) is 11.8 Å². The maximum atomic E-state index is 14.0. The first-order chi connectivity index (χ1) is 13.7. The van der Waals surface area contributed by atoms with Crippen LogP contribution >= 0.6 is 24.2 Å². The van der Waals surface area contributed by atoms with E-state index in [1.165, 1.54) is 30.1 Å². The Morgan fingerprint density at radius 3 is 2.90 bits per heavy atom. The van der Waals surface area contributed by atoms with Gasteiger partial charge in [-0.25, -0.2) is 4.39 Å². The minimum absolute atomic E-state index is 0.0753. The maximum Gasteiger partial charge on any atom is 0.275 e. The van der Waals surface area contributed by atoms with Crippen molar-refractivity contribution in [3.05, 3.63) is 61.8 Å². The highest BCUT2D eigenvalue weighted by Gasteiger charge is 2.30. The van der Waals surface area contributed by atoms with Gasteiger partial charge in [-0.1, -0.05) is 23.7 Å². The van der Waals surface area contributed by atoms with Gasteiger partial charge in [0.2, 0.25) is 5.43 Å². The molecule has 2 bridgehead atoms. The Balaban J connectivity index is 2.00. The van der Waals surface area contributed by atoms with E-state index in [1.54, 1.807) is 0 Å². The van der Waals surface area contributed by atoms with Gasteiger partial charge < -0.3 is 20.3 Å². The zero-order chi connectivity index (χ0) is 21.3. The molecule has 2 amide bonds. The van der Waals surface area contributed by atoms with Crippen LogP contribution in [0.2, 0.25) is 5.02 Å². The summed E-state index contributed by atoms with van der Waals surface area (Å²) in [6, 6.07) is 4.34. The van der Waals surface area contributed by atoms with Crippen molar-refractivity contribution >= 4 is 36.0 Å². The van der Waals surface area contributed by atoms with E-state index < -0.39 is 39.6 Å². The number of fused-ring (bicyclic) bond motifs is 2. The molecular formula is C18H18ClFN4O4S. The lowest BCUT2D eigenvalue weighted by atomic mass is 10.1. The van der Waals surface area contributed by atoms with E-state index >= 15 is 0 Å². The zero-order valence-corrected chi connectivity index (χ0v) is 16.9. The molecule has 29 heavy (non-hydrogen) atoms. The summed E-state index contributed by atoms with van der Waals surface area (Å²) in [6.07, 6.45) is 0. The molecule has 1 aliphatic heterocycles. The molecule has 1 aromatic heterocycles. The van der Waals surface area contributed by atoms with Crippen LogP contribution in [0.5, 0.6) is 5.75 Å². The number of rotatable bonds is 3. The molecule has 3 rings (SSSR count). The number of pyridine rings is 1. The van der Waals surface area contributed by atoms with Gasteiger partial charge in [-0.2, -0.15) is 12.6 Å². The summed E-state index contributed by atoms with van der Waals surface area (Å²) >= 11 is 10.1. The van der Waals surface area contributed by atoms with Crippen molar-refractivity contribution < 1.29 is 19.1 Å². The first-order valence-corrected chi connectivity index (χ1v) is 9.46. The van der Waals surface area contributed by atoms with Crippen LogP contribution in [0.4, 0.5) is 4.39 Å². The highest BCUT2D eigenvalue weighted by molar-refractivity contribution is 7.80. The molecule has 1 aromatic carbocycles. The van der Waals surface area contributed by atoms with Crippen LogP contribution in [-0.4, -0.2) is 47.1 Å². The lowest BCUT2D eigenvalue weighted by molar-refractivity contribution is 0.0776. The molecule has 0 saturated carbocycles. The van der Waals surface area contributed by atoms with Crippen molar-refractivity contribution in [3.63, 3.8) is 0 Å². The molecule has 11 heteroatoms. The number of halogens is 2. The van der Waals surface area contributed by atoms with E-state index in [1.807, 2.05) is 0 Å². The van der Waals surface area contributed by atoms with E-state index in [9.17, 15) is 23.9 Å². The third-order valence-corrected chi connectivity index (χ3v) is 5.22. The Hall–Kier alpha value is -2.56. The average molecular weight is 441 g/mol. The van der Waals surface area contributed by atoms with Gasteiger partial charge in [0.15, 0.2) is 11.4 Å². The smallest absolute Gasteiger partial charge is 0.275 e. The molecule has 0 saturated heterocycles. The average Bonchev–Trinajstić information content (AvgIpc) is 2.73. The summed E-state index contributed by atoms with van der Waals surface area (Å²) in [5.41, 5.74) is -1.53. The number of amides is 2. The lowest BCUT2D eigenvalue weighted by Crippen LogP contribution is -2.36. The van der Waals surface area contributed by atoms with E-state index in [0.29, 0.717) is 0 Å². The number of hydrogen-bond donors (Lipinski definition) is 5. The second kappa shape index (κ2) is 8.44. The summed E-state index contributed by atoms with van der Waals surface area (Å²) in [5, 5.41) is 14.9. The number of H-pyrrole nitrogens is 1. The fourth-order valence-electron chi connectivity index (χ4n) is 2.92. The van der Waals surface area contributed by atoms with Crippen LogP contribution in [-0.2, 0) is 6.54 Å². The number of nitrogens with one attached hydrogen (secondary N) is 3. The third-order valence-electron chi connectivity index (χ3n) is 4.49. The molecule has 2 heterocycles. The predicted molar refractivity (Wildman–Crippen MR) is 108 cm³/mol. The van der Waals surface area contributed by atoms with Gasteiger partial charge >= 0.3 is 0 Å². The van der Waals surface area contributed by atoms with E-state index in [-0.39, 0.29) is 41.7 Å². The highest BCUT2D eigenvalue weighted by Crippen LogP contribution is 2.25. The summed E-state index contributed by atoms with van der Waals surface area (Å²) < 4.78 is 14.0. The Labute approximate surface area is 175 Å². The number of thiol groups is 1. The van der Waals surface area contributed by atoms with E-state index in [4.69, 9.17) is 11.6 Å². The number of hydrogen-bond acceptors (Lipinski definition) is 6. The van der Waals surface area contributed by atoms with Crippen molar-refractivity contribution in [1.82, 2.24) is 20.5 Å². The van der Waals surface area contributed by atoms with Gasteiger partial charge in [0, 0.05) is 31.4 Å². The SMILES string of the molecule is CN1CNCC(S)c2[nH]c(c(O)c(=O)c2C(=O)NCc2cccc(Cl)c2F)C1=O. The topological polar surface area (TPSA) is 115 Å². The quantitative estimate of drug-likeness (QED) is 0.463. The second-order valence-electron chi connectivity index (χ2n) is 6.49. The van der Waals surface area contributed by atoms with Crippen LogP contribution in [0.1, 0.15) is 37.4 Å². The van der Waals surface area contributed by atoms with Gasteiger partial charge in [-0.3, -0.25) is 19.7 Å². The lowest BCUT2D eigenvalue weighted by Gasteiger charge is -2.17. The van der Waals surface area contributed by atoms with Crippen LogP contribution in [0.25, 0.3) is 0 Å². The number of carbonyl (C=O) groups is 2. The normalized spacial score (nSPS) is 16.8. The second-order valence-corrected chi connectivity index (χ2v) is 7.52. The van der Waals surface area contributed by atoms with Crippen LogP contribution in [0.3, 0.4) is 0 Å². The maximum absolute atomic E-state index is 14.0. The Morgan fingerprint density at radius 1 is 1.45 bits per heavy atom. The van der Waals surface area contributed by atoms with Gasteiger partial charge in [0.1, 0.15) is 11.4 Å². The van der Waals surface area contributed by atoms with Crippen molar-refractivity contribution in [2.75, 3.05) is 20.3 Å². The van der Waals surface area contributed by atoms with Crippen molar-refractivity contribution in [2.45, 2.75) is 11.8 Å². The third kappa shape index (κ3) is 4.09. The molecule has 1 atom stereocenters. The summed E-state index contributed by atoms with van der Waals surface area (Å²) in [5.74, 6) is -3.02. The minimum Gasteiger partial charge on any atom is -0.503 e. The highest BCUT2D eigenvalue weighted by atomic mass is 35.5. The molecule has 1 unspecified atom stereocenters. The molecule has 0 fully saturated rings. The first kappa shape index (κ1) is 21.2. The predicted octanol–water partition coefficient (Wildman–Crippen LogP) is 1.41. The molecule has 154 valence electrons. The fraction of sp³-hybridized carbons (Fsp3) is 0.278. The standard InChI is InChI=1S/C18H18ClFN4O4S/c1-24-7-21-6-10(29)13-11(15(25)16(26)14(23-13)18(24)28)17(27)22-5-8-3-2-4-9(19)12(8)20/h2-4,10,21,26,29H,5-7H2,1H3,(H,22,27)(H,23,25). The van der Waals surface area contributed by atoms with E-state index in [0.717, 1.165) is 0 Å². The zero-order valence-electron chi connectivity index (χ0n) is 15.3. The molecule has 0 radical (unpaired) electrons. The van der Waals surface area contributed by atoms with Crippen molar-refractivity contribution in [3.8, 4) is 5.75 Å². The molecule has 0 spiro atoms. The fourth-order valence-corrected chi connectivity index (χ4v) is 3.44. The molecule has 2 aromatic rings. The molecule has 8 nitrogen and oxygen atoms in total. The van der Waals surface area contributed by atoms with Crippen LogP contribution < -0.4 is 16.1 Å². The molecule has 0 aliphatic carbocycles. The number of benzene rings is 1. The minimum atomic E-state index is -1.01. The number of carbonyl (C=O) groups excluding carboxylic acids is 2. The largest absolute Gasteiger partial charge is 0.503 e. The number of aromatic hydroxyl groups is 1. The van der Waals surface area contributed by atoms with Gasteiger partial charge in [-0.05, 0) is 6.07 Å². The Morgan fingerprint density at radius 2 is 2.17 bits per heavy atom. The van der Waals surface area contributed by atoms with E-state index in [2.05, 4.69) is 28.2 Å². The van der Waals surface area contributed by atoms with Crippen molar-refractivity contribution in [1.29, 1.82) is 0 Å². The van der Waals surface area contributed by atoms with Crippen LogP contribution in [0, 0.1) is 5.82 Å². The molecule has 4 N–H and O–H groups in total. The summed E-state index contributed by atoms with van der Waals surface area (Å²) in [4.78, 5) is 41.8. The monoisotopic (exact) mass is 440 g/mol. The summed E-state index contributed by atoms with van der Waals surface area (Å²) in [6.45, 7) is 0.166. The molecular weight excluding hydrogens is 423 g/mol. The summed E-state index contributed by atoms with van der Waals surface area (Å²) in [7, 11) is 1.49. The van der Waals surface area contributed by atoms with Crippen LogP contribution in [0.15, 0.2) is 23.0 Å².